The summed E-state index contributed by atoms with van der Waals surface area (Å²) in [6, 6.07) is 1.15. The molecule has 0 aliphatic heterocycles. The largest absolute Gasteiger partial charge is 0.385 e. The van der Waals surface area contributed by atoms with E-state index in [1.807, 2.05) is 0 Å². The predicted molar refractivity (Wildman–Crippen MR) is 77.2 cm³/mol. The first-order valence-electron chi connectivity index (χ1n) is 7.07. The highest BCUT2D eigenvalue weighted by molar-refractivity contribution is 4.69. The quantitative estimate of drug-likeness (QED) is 0.542. The van der Waals surface area contributed by atoms with Gasteiger partial charge in [-0.2, -0.15) is 0 Å². The molecule has 0 saturated carbocycles. The average Bonchev–Trinajstić information content (AvgIpc) is 2.33. The Hall–Kier alpha value is -0.160. The molecule has 0 bridgehead atoms. The maximum Gasteiger partial charge on any atom is 0.0589 e. The summed E-state index contributed by atoms with van der Waals surface area (Å²) in [6.45, 7) is 11.5. The zero-order valence-electron chi connectivity index (χ0n) is 12.9. The number of hydrogen-bond acceptors (Lipinski definition) is 4. The van der Waals surface area contributed by atoms with Gasteiger partial charge in [-0.15, -0.1) is 0 Å². The van der Waals surface area contributed by atoms with Gasteiger partial charge < -0.3 is 14.8 Å². The Kier molecular flexibility index (Phi) is 11.8. The molecule has 4 heteroatoms. The molecule has 0 aromatic rings. The van der Waals surface area contributed by atoms with Crippen molar-refractivity contribution in [2.75, 3.05) is 47.1 Å². The maximum atomic E-state index is 5.18. The lowest BCUT2D eigenvalue weighted by atomic mass is 10.2. The SMILES string of the molecule is COCCCN(CCOC)C(C)CCNC(C)C. The number of nitrogens with zero attached hydrogens (tertiary/aromatic N) is 1. The van der Waals surface area contributed by atoms with Crippen LogP contribution in [-0.2, 0) is 9.47 Å². The molecule has 0 aliphatic rings. The number of methoxy groups -OCH3 is 2. The van der Waals surface area contributed by atoms with Gasteiger partial charge in [-0.05, 0) is 26.3 Å². The summed E-state index contributed by atoms with van der Waals surface area (Å²) in [5, 5.41) is 3.47. The lowest BCUT2D eigenvalue weighted by molar-refractivity contribution is 0.108. The van der Waals surface area contributed by atoms with Crippen LogP contribution >= 0.6 is 0 Å². The monoisotopic (exact) mass is 260 g/mol. The van der Waals surface area contributed by atoms with E-state index < -0.39 is 0 Å². The molecule has 0 radical (unpaired) electrons. The van der Waals surface area contributed by atoms with Gasteiger partial charge in [-0.1, -0.05) is 13.8 Å². The zero-order chi connectivity index (χ0) is 13.8. The standard InChI is InChI=1S/C14H32N2O2/c1-13(2)15-8-7-14(3)16(10-12-18-5)9-6-11-17-4/h13-15H,6-12H2,1-5H3. The lowest BCUT2D eigenvalue weighted by Gasteiger charge is -2.29. The minimum atomic E-state index is 0.568. The zero-order valence-corrected chi connectivity index (χ0v) is 12.9. The molecule has 0 aromatic carbocycles. The van der Waals surface area contributed by atoms with E-state index in [1.165, 1.54) is 6.42 Å². The molecule has 0 rings (SSSR count). The topological polar surface area (TPSA) is 33.7 Å². The first-order valence-corrected chi connectivity index (χ1v) is 7.07. The van der Waals surface area contributed by atoms with Crippen molar-refractivity contribution in [2.45, 2.75) is 45.7 Å². The number of ether oxygens (including phenoxy) is 2. The van der Waals surface area contributed by atoms with Gasteiger partial charge >= 0.3 is 0 Å². The van der Waals surface area contributed by atoms with Crippen LogP contribution in [0.2, 0.25) is 0 Å². The molecule has 4 nitrogen and oxygen atoms in total. The third kappa shape index (κ3) is 9.83. The van der Waals surface area contributed by atoms with E-state index in [0.29, 0.717) is 12.1 Å². The summed E-state index contributed by atoms with van der Waals surface area (Å²) in [7, 11) is 3.52. The van der Waals surface area contributed by atoms with Crippen molar-refractivity contribution in [3.05, 3.63) is 0 Å². The Labute approximate surface area is 113 Å². The Morgan fingerprint density at radius 2 is 1.67 bits per heavy atom. The van der Waals surface area contributed by atoms with Crippen LogP contribution < -0.4 is 5.32 Å². The Balaban J connectivity index is 3.92. The van der Waals surface area contributed by atoms with Crippen LogP contribution in [0.3, 0.4) is 0 Å². The van der Waals surface area contributed by atoms with Gasteiger partial charge in [-0.25, -0.2) is 0 Å². The summed E-state index contributed by atoms with van der Waals surface area (Å²) in [5.41, 5.74) is 0. The van der Waals surface area contributed by atoms with E-state index >= 15 is 0 Å². The normalized spacial score (nSPS) is 13.5. The highest BCUT2D eigenvalue weighted by Gasteiger charge is 2.12. The Morgan fingerprint density at radius 3 is 2.22 bits per heavy atom. The van der Waals surface area contributed by atoms with E-state index in [-0.39, 0.29) is 0 Å². The minimum absolute atomic E-state index is 0.568. The van der Waals surface area contributed by atoms with Gasteiger partial charge in [0.25, 0.3) is 0 Å². The molecule has 0 spiro atoms. The summed E-state index contributed by atoms with van der Waals surface area (Å²) < 4.78 is 10.3. The van der Waals surface area contributed by atoms with Gasteiger partial charge in [0.15, 0.2) is 0 Å². The van der Waals surface area contributed by atoms with Gasteiger partial charge in [0, 0.05) is 46.0 Å². The van der Waals surface area contributed by atoms with Crippen molar-refractivity contribution in [1.82, 2.24) is 10.2 Å². The lowest BCUT2D eigenvalue weighted by Crippen LogP contribution is -2.39. The van der Waals surface area contributed by atoms with Crippen LogP contribution in [0, 0.1) is 0 Å². The van der Waals surface area contributed by atoms with Crippen LogP contribution in [0.5, 0.6) is 0 Å². The Bertz CT molecular complexity index is 177. The first kappa shape index (κ1) is 17.8. The second-order valence-electron chi connectivity index (χ2n) is 5.12. The van der Waals surface area contributed by atoms with Crippen LogP contribution in [-0.4, -0.2) is 64.1 Å². The average molecular weight is 260 g/mol. The van der Waals surface area contributed by atoms with Crippen molar-refractivity contribution < 1.29 is 9.47 Å². The molecule has 0 amide bonds. The molecule has 0 saturated heterocycles. The number of nitrogens with one attached hydrogen (secondary N) is 1. The highest BCUT2D eigenvalue weighted by Crippen LogP contribution is 2.04. The second-order valence-corrected chi connectivity index (χ2v) is 5.12. The van der Waals surface area contributed by atoms with E-state index in [0.717, 1.165) is 39.3 Å². The smallest absolute Gasteiger partial charge is 0.0589 e. The fourth-order valence-electron chi connectivity index (χ4n) is 1.94. The number of hydrogen-bond donors (Lipinski definition) is 1. The predicted octanol–water partition coefficient (Wildman–Crippen LogP) is 1.75. The molecule has 0 aromatic heterocycles. The molecule has 1 unspecified atom stereocenters. The van der Waals surface area contributed by atoms with Gasteiger partial charge in [0.1, 0.15) is 0 Å². The molecule has 18 heavy (non-hydrogen) atoms. The molecular formula is C14H32N2O2. The molecular weight excluding hydrogens is 228 g/mol. The number of rotatable bonds is 12. The van der Waals surface area contributed by atoms with Gasteiger partial charge in [0.2, 0.25) is 0 Å². The van der Waals surface area contributed by atoms with Gasteiger partial charge in [0.05, 0.1) is 6.61 Å². The summed E-state index contributed by atoms with van der Waals surface area (Å²) in [5.74, 6) is 0. The van der Waals surface area contributed by atoms with Crippen LogP contribution in [0.25, 0.3) is 0 Å². The van der Waals surface area contributed by atoms with Gasteiger partial charge in [-0.3, -0.25) is 4.90 Å². The van der Waals surface area contributed by atoms with Crippen LogP contribution in [0.15, 0.2) is 0 Å². The molecule has 110 valence electrons. The third-order valence-corrected chi connectivity index (χ3v) is 3.11. The Morgan fingerprint density at radius 1 is 1.00 bits per heavy atom. The van der Waals surface area contributed by atoms with Crippen LogP contribution in [0.4, 0.5) is 0 Å². The molecule has 1 atom stereocenters. The van der Waals surface area contributed by atoms with E-state index in [1.54, 1.807) is 14.2 Å². The van der Waals surface area contributed by atoms with Crippen molar-refractivity contribution in [3.8, 4) is 0 Å². The van der Waals surface area contributed by atoms with Crippen molar-refractivity contribution >= 4 is 0 Å². The first-order chi connectivity index (χ1) is 8.61. The summed E-state index contributed by atoms with van der Waals surface area (Å²) >= 11 is 0. The fraction of sp³-hybridized carbons (Fsp3) is 1.00. The van der Waals surface area contributed by atoms with E-state index in [2.05, 4.69) is 31.0 Å². The van der Waals surface area contributed by atoms with Crippen molar-refractivity contribution in [3.63, 3.8) is 0 Å². The second kappa shape index (κ2) is 11.9. The summed E-state index contributed by atoms with van der Waals surface area (Å²) in [4.78, 5) is 2.49. The fourth-order valence-corrected chi connectivity index (χ4v) is 1.94. The molecule has 0 aliphatic carbocycles. The van der Waals surface area contributed by atoms with Crippen LogP contribution in [0.1, 0.15) is 33.6 Å². The molecule has 0 heterocycles. The highest BCUT2D eigenvalue weighted by atomic mass is 16.5. The maximum absolute atomic E-state index is 5.18. The van der Waals surface area contributed by atoms with E-state index in [9.17, 15) is 0 Å². The summed E-state index contributed by atoms with van der Waals surface area (Å²) in [6.07, 6.45) is 2.26. The molecule has 1 N–H and O–H groups in total. The third-order valence-electron chi connectivity index (χ3n) is 3.11. The van der Waals surface area contributed by atoms with Crippen molar-refractivity contribution in [1.29, 1.82) is 0 Å². The minimum Gasteiger partial charge on any atom is -0.385 e. The molecule has 0 fully saturated rings. The van der Waals surface area contributed by atoms with E-state index in [4.69, 9.17) is 9.47 Å². The van der Waals surface area contributed by atoms with Crippen molar-refractivity contribution in [2.24, 2.45) is 0 Å².